The van der Waals surface area contributed by atoms with Crippen molar-refractivity contribution >= 4 is 22.8 Å². The first-order valence-corrected chi connectivity index (χ1v) is 10.0. The quantitative estimate of drug-likeness (QED) is 0.674. The Labute approximate surface area is 173 Å². The summed E-state index contributed by atoms with van der Waals surface area (Å²) >= 11 is 0. The van der Waals surface area contributed by atoms with Gasteiger partial charge in [-0.3, -0.25) is 9.59 Å². The van der Waals surface area contributed by atoms with Gasteiger partial charge in [-0.15, -0.1) is 0 Å². The standard InChI is InChI=1S/C23H23FN2O4/c24-18-5-7-19(8-6-18)29-15-22(27)25-14-16-9-11-26(12-10-16)23(28)21-13-17-3-1-2-4-20(17)30-21/h1-8,13,16H,9-12,14-15H2,(H,25,27). The van der Waals surface area contributed by atoms with Gasteiger partial charge in [0.25, 0.3) is 11.8 Å². The summed E-state index contributed by atoms with van der Waals surface area (Å²) in [6.07, 6.45) is 1.62. The van der Waals surface area contributed by atoms with Crippen LogP contribution in [-0.4, -0.2) is 43.0 Å². The third-order valence-electron chi connectivity index (χ3n) is 5.31. The Hall–Kier alpha value is -3.35. The summed E-state index contributed by atoms with van der Waals surface area (Å²) in [7, 11) is 0. The Bertz CT molecular complexity index is 990. The van der Waals surface area contributed by atoms with Gasteiger partial charge in [-0.1, -0.05) is 18.2 Å². The van der Waals surface area contributed by atoms with Crippen LogP contribution in [0, 0.1) is 11.7 Å². The molecule has 1 N–H and O–H groups in total. The minimum absolute atomic E-state index is 0.0959. The highest BCUT2D eigenvalue weighted by atomic mass is 19.1. The highest BCUT2D eigenvalue weighted by molar-refractivity contribution is 5.96. The van der Waals surface area contributed by atoms with Crippen molar-refractivity contribution in [2.24, 2.45) is 5.92 Å². The van der Waals surface area contributed by atoms with Crippen molar-refractivity contribution in [2.75, 3.05) is 26.2 Å². The molecule has 0 aliphatic carbocycles. The fraction of sp³-hybridized carbons (Fsp3) is 0.304. The van der Waals surface area contributed by atoms with E-state index in [9.17, 15) is 14.0 Å². The fourth-order valence-electron chi connectivity index (χ4n) is 3.57. The number of ether oxygens (including phenoxy) is 1. The molecular weight excluding hydrogens is 387 g/mol. The number of rotatable bonds is 6. The largest absolute Gasteiger partial charge is 0.484 e. The van der Waals surface area contributed by atoms with Crippen LogP contribution in [0.3, 0.4) is 0 Å². The number of carbonyl (C=O) groups excluding carboxylic acids is 2. The number of hydrogen-bond donors (Lipinski definition) is 1. The average molecular weight is 410 g/mol. The number of amides is 2. The van der Waals surface area contributed by atoms with Crippen molar-refractivity contribution in [1.82, 2.24) is 10.2 Å². The minimum Gasteiger partial charge on any atom is -0.484 e. The summed E-state index contributed by atoms with van der Waals surface area (Å²) in [6, 6.07) is 14.9. The summed E-state index contributed by atoms with van der Waals surface area (Å²) < 4.78 is 23.9. The van der Waals surface area contributed by atoms with E-state index in [2.05, 4.69) is 5.32 Å². The predicted octanol–water partition coefficient (Wildman–Crippen LogP) is 3.62. The maximum absolute atomic E-state index is 12.9. The van der Waals surface area contributed by atoms with Crippen LogP contribution in [0.1, 0.15) is 23.4 Å². The first-order chi connectivity index (χ1) is 14.6. The van der Waals surface area contributed by atoms with Crippen molar-refractivity contribution < 1.29 is 23.1 Å². The third kappa shape index (κ3) is 4.79. The topological polar surface area (TPSA) is 71.8 Å². The summed E-state index contributed by atoms with van der Waals surface area (Å²) in [5.74, 6) is 0.447. The van der Waals surface area contributed by atoms with Gasteiger partial charge in [0.2, 0.25) is 0 Å². The molecule has 7 heteroatoms. The second-order valence-corrected chi connectivity index (χ2v) is 7.43. The van der Waals surface area contributed by atoms with Gasteiger partial charge in [0.1, 0.15) is 17.1 Å². The lowest BCUT2D eigenvalue weighted by atomic mass is 9.96. The predicted molar refractivity (Wildman–Crippen MR) is 110 cm³/mol. The lowest BCUT2D eigenvalue weighted by Crippen LogP contribution is -2.42. The highest BCUT2D eigenvalue weighted by Crippen LogP contribution is 2.23. The molecule has 30 heavy (non-hydrogen) atoms. The molecule has 1 aromatic heterocycles. The van der Waals surface area contributed by atoms with Crippen LogP contribution >= 0.6 is 0 Å². The Morgan fingerprint density at radius 3 is 2.57 bits per heavy atom. The molecule has 1 saturated heterocycles. The average Bonchev–Trinajstić information content (AvgIpc) is 3.21. The van der Waals surface area contributed by atoms with E-state index in [-0.39, 0.29) is 24.2 Å². The highest BCUT2D eigenvalue weighted by Gasteiger charge is 2.26. The van der Waals surface area contributed by atoms with Crippen molar-refractivity contribution in [3.63, 3.8) is 0 Å². The molecule has 1 aliphatic rings. The Balaban J connectivity index is 1.20. The van der Waals surface area contributed by atoms with Crippen LogP contribution in [0.4, 0.5) is 4.39 Å². The Kier molecular flexibility index (Phi) is 5.97. The molecule has 1 aliphatic heterocycles. The summed E-state index contributed by atoms with van der Waals surface area (Å²) in [6.45, 7) is 1.68. The van der Waals surface area contributed by atoms with Gasteiger partial charge in [0.05, 0.1) is 0 Å². The number of halogens is 1. The number of para-hydroxylation sites is 1. The smallest absolute Gasteiger partial charge is 0.289 e. The van der Waals surface area contributed by atoms with Crippen LogP contribution in [0.5, 0.6) is 5.75 Å². The van der Waals surface area contributed by atoms with Crippen LogP contribution in [0.2, 0.25) is 0 Å². The van der Waals surface area contributed by atoms with Crippen LogP contribution in [-0.2, 0) is 4.79 Å². The Morgan fingerprint density at radius 2 is 1.83 bits per heavy atom. The maximum atomic E-state index is 12.9. The first kappa shape index (κ1) is 19.9. The molecule has 0 bridgehead atoms. The van der Waals surface area contributed by atoms with E-state index in [4.69, 9.17) is 9.15 Å². The molecule has 2 amide bonds. The van der Waals surface area contributed by atoms with Crippen LogP contribution in [0.25, 0.3) is 11.0 Å². The van der Waals surface area contributed by atoms with E-state index in [1.54, 1.807) is 11.0 Å². The second-order valence-electron chi connectivity index (χ2n) is 7.43. The van der Waals surface area contributed by atoms with Crippen molar-refractivity contribution in [3.05, 3.63) is 66.2 Å². The molecule has 6 nitrogen and oxygen atoms in total. The molecule has 1 fully saturated rings. The number of furan rings is 1. The molecule has 4 rings (SSSR count). The van der Waals surface area contributed by atoms with E-state index in [1.165, 1.54) is 24.3 Å². The third-order valence-corrected chi connectivity index (χ3v) is 5.31. The Morgan fingerprint density at radius 1 is 1.10 bits per heavy atom. The lowest BCUT2D eigenvalue weighted by Gasteiger charge is -2.31. The molecule has 0 radical (unpaired) electrons. The molecule has 2 heterocycles. The lowest BCUT2D eigenvalue weighted by molar-refractivity contribution is -0.123. The van der Waals surface area contributed by atoms with Gasteiger partial charge in [-0.05, 0) is 55.2 Å². The van der Waals surface area contributed by atoms with E-state index >= 15 is 0 Å². The summed E-state index contributed by atoms with van der Waals surface area (Å²) in [4.78, 5) is 26.5. The summed E-state index contributed by atoms with van der Waals surface area (Å²) in [5, 5.41) is 3.79. The molecule has 0 spiro atoms. The molecular formula is C23H23FN2O4. The molecule has 2 aromatic carbocycles. The van der Waals surface area contributed by atoms with E-state index in [0.29, 0.717) is 42.6 Å². The van der Waals surface area contributed by atoms with Crippen molar-refractivity contribution in [2.45, 2.75) is 12.8 Å². The van der Waals surface area contributed by atoms with Gasteiger partial charge in [0, 0.05) is 25.0 Å². The van der Waals surface area contributed by atoms with Gasteiger partial charge in [-0.2, -0.15) is 0 Å². The zero-order valence-electron chi connectivity index (χ0n) is 16.5. The molecule has 3 aromatic rings. The number of hydrogen-bond acceptors (Lipinski definition) is 4. The van der Waals surface area contributed by atoms with Crippen molar-refractivity contribution in [3.8, 4) is 5.75 Å². The van der Waals surface area contributed by atoms with Crippen LogP contribution < -0.4 is 10.1 Å². The SMILES string of the molecule is O=C(COc1ccc(F)cc1)NCC1CCN(C(=O)c2cc3ccccc3o2)CC1. The maximum Gasteiger partial charge on any atom is 0.289 e. The van der Waals surface area contributed by atoms with Crippen LogP contribution in [0.15, 0.2) is 59.0 Å². The van der Waals surface area contributed by atoms with E-state index in [1.807, 2.05) is 24.3 Å². The second kappa shape index (κ2) is 8.98. The monoisotopic (exact) mass is 410 g/mol. The number of carbonyl (C=O) groups is 2. The molecule has 0 unspecified atom stereocenters. The fourth-order valence-corrected chi connectivity index (χ4v) is 3.57. The number of benzene rings is 2. The first-order valence-electron chi connectivity index (χ1n) is 10.0. The van der Waals surface area contributed by atoms with E-state index in [0.717, 1.165) is 18.2 Å². The minimum atomic E-state index is -0.350. The zero-order chi connectivity index (χ0) is 20.9. The number of nitrogens with zero attached hydrogens (tertiary/aromatic N) is 1. The van der Waals surface area contributed by atoms with Gasteiger partial charge >= 0.3 is 0 Å². The number of fused-ring (bicyclic) bond motifs is 1. The summed E-state index contributed by atoms with van der Waals surface area (Å²) in [5.41, 5.74) is 0.710. The molecule has 156 valence electrons. The normalized spacial score (nSPS) is 14.6. The molecule has 0 atom stereocenters. The number of piperidine rings is 1. The van der Waals surface area contributed by atoms with Crippen molar-refractivity contribution in [1.29, 1.82) is 0 Å². The van der Waals surface area contributed by atoms with E-state index < -0.39 is 0 Å². The van der Waals surface area contributed by atoms with Gasteiger partial charge < -0.3 is 19.4 Å². The zero-order valence-corrected chi connectivity index (χ0v) is 16.5. The molecule has 0 saturated carbocycles. The van der Waals surface area contributed by atoms with Gasteiger partial charge in [0.15, 0.2) is 12.4 Å². The van der Waals surface area contributed by atoms with Gasteiger partial charge in [-0.25, -0.2) is 4.39 Å². The number of likely N-dealkylation sites (tertiary alicyclic amines) is 1. The number of nitrogens with one attached hydrogen (secondary N) is 1.